The number of hydrogen-bond donors (Lipinski definition) is 1. The van der Waals surface area contributed by atoms with Crippen LogP contribution in [0.2, 0.25) is 0 Å². The molecule has 0 aromatic heterocycles. The normalized spacial score (nSPS) is 56.0. The maximum Gasteiger partial charge on any atom is 0.306 e. The van der Waals surface area contributed by atoms with E-state index < -0.39 is 11.6 Å². The van der Waals surface area contributed by atoms with E-state index in [4.69, 9.17) is 4.74 Å². The van der Waals surface area contributed by atoms with E-state index in [0.717, 1.165) is 38.5 Å². The van der Waals surface area contributed by atoms with Crippen molar-refractivity contribution in [1.29, 1.82) is 0 Å². The molecule has 6 rings (SSSR count). The van der Waals surface area contributed by atoms with Crippen LogP contribution in [-0.2, 0) is 14.3 Å². The summed E-state index contributed by atoms with van der Waals surface area (Å²) in [5.74, 6) is 0.693. The van der Waals surface area contributed by atoms with E-state index in [1.54, 1.807) is 0 Å². The molecule has 2 aliphatic heterocycles. The maximum absolute atomic E-state index is 13.8. The quantitative estimate of drug-likeness (QED) is 0.806. The number of ketones is 1. The number of ether oxygens (including phenoxy) is 1. The lowest BCUT2D eigenvalue weighted by atomic mass is 9.40. The number of carboxylic acid groups (broad SMARTS) is 1. The van der Waals surface area contributed by atoms with Gasteiger partial charge >= 0.3 is 5.97 Å². The van der Waals surface area contributed by atoms with Crippen LogP contribution in [0.25, 0.3) is 0 Å². The van der Waals surface area contributed by atoms with Gasteiger partial charge in [0.15, 0.2) is 5.78 Å². The second kappa shape index (κ2) is 5.12. The van der Waals surface area contributed by atoms with E-state index in [9.17, 15) is 14.7 Å². The zero-order valence-corrected chi connectivity index (χ0v) is 16.3. The molecule has 4 nitrogen and oxygen atoms in total. The Hall–Kier alpha value is -0.900. The van der Waals surface area contributed by atoms with Crippen molar-refractivity contribution in [3.8, 4) is 0 Å². The first-order valence-electron chi connectivity index (χ1n) is 10.7. The minimum Gasteiger partial charge on any atom is -0.481 e. The summed E-state index contributed by atoms with van der Waals surface area (Å²) in [6.45, 7) is 6.40. The average molecular weight is 360 g/mol. The fourth-order valence-electron chi connectivity index (χ4n) is 8.65. The standard InChI is InChI=1S/C22H32O4/c1-12(19(24)25)15-6-7-16-17-5-4-13-10-14-8-9-21(13,3)22(17,26-14)18(23)11-20(15,16)2/h12-17H,4-11H2,1-3H3,(H,24,25)/t12-,13+,14+,15-,16-,17-,20+,21-,22-/m0/s1. The molecule has 144 valence electrons. The predicted molar refractivity (Wildman–Crippen MR) is 96.5 cm³/mol. The Morgan fingerprint density at radius 3 is 2.62 bits per heavy atom. The number of Topliss-reactive ketones (excluding diaryl/α,β-unsaturated/α-hetero) is 1. The van der Waals surface area contributed by atoms with Crippen LogP contribution >= 0.6 is 0 Å². The van der Waals surface area contributed by atoms with E-state index in [1.807, 2.05) is 6.92 Å². The van der Waals surface area contributed by atoms with E-state index >= 15 is 0 Å². The molecule has 4 saturated carbocycles. The lowest BCUT2D eigenvalue weighted by Crippen LogP contribution is -2.75. The molecule has 6 fully saturated rings. The molecule has 0 aromatic carbocycles. The molecule has 6 aliphatic rings. The molecule has 4 bridgehead atoms. The lowest BCUT2D eigenvalue weighted by Gasteiger charge is -2.70. The first-order chi connectivity index (χ1) is 12.2. The Bertz CT molecular complexity index is 673. The molecule has 0 radical (unpaired) electrons. The molecule has 0 unspecified atom stereocenters. The third-order valence-electron chi connectivity index (χ3n) is 9.90. The molecule has 0 aromatic rings. The van der Waals surface area contributed by atoms with Gasteiger partial charge in [0.1, 0.15) is 5.60 Å². The van der Waals surface area contributed by atoms with E-state index in [0.29, 0.717) is 30.0 Å². The zero-order valence-electron chi connectivity index (χ0n) is 16.3. The summed E-state index contributed by atoms with van der Waals surface area (Å²) in [7, 11) is 0. The predicted octanol–water partition coefficient (Wildman–Crippen LogP) is 4.07. The third kappa shape index (κ3) is 1.76. The Kier molecular flexibility index (Phi) is 3.39. The molecule has 4 aliphatic carbocycles. The molecule has 2 saturated heterocycles. The van der Waals surface area contributed by atoms with Gasteiger partial charge in [-0.25, -0.2) is 0 Å². The van der Waals surface area contributed by atoms with E-state index in [1.165, 1.54) is 6.42 Å². The summed E-state index contributed by atoms with van der Waals surface area (Å²) in [6.07, 6.45) is 8.48. The molecular formula is C22H32O4. The monoisotopic (exact) mass is 360 g/mol. The second-order valence-corrected chi connectivity index (χ2v) is 10.6. The van der Waals surface area contributed by atoms with Crippen LogP contribution in [-0.4, -0.2) is 28.6 Å². The number of fused-ring (bicyclic) bond motifs is 3. The molecule has 2 heterocycles. The topological polar surface area (TPSA) is 63.6 Å². The molecular weight excluding hydrogens is 328 g/mol. The Morgan fingerprint density at radius 2 is 1.88 bits per heavy atom. The summed E-state index contributed by atoms with van der Waals surface area (Å²) in [5.41, 5.74) is -0.740. The smallest absolute Gasteiger partial charge is 0.306 e. The van der Waals surface area contributed by atoms with Gasteiger partial charge in [0.2, 0.25) is 0 Å². The van der Waals surface area contributed by atoms with E-state index in [-0.39, 0.29) is 28.8 Å². The molecule has 26 heavy (non-hydrogen) atoms. The van der Waals surface area contributed by atoms with Gasteiger partial charge in [-0.05, 0) is 74.0 Å². The van der Waals surface area contributed by atoms with Gasteiger partial charge in [0.05, 0.1) is 12.0 Å². The highest BCUT2D eigenvalue weighted by Crippen LogP contribution is 2.72. The van der Waals surface area contributed by atoms with Crippen molar-refractivity contribution < 1.29 is 19.4 Å². The van der Waals surface area contributed by atoms with Crippen LogP contribution in [0.4, 0.5) is 0 Å². The van der Waals surface area contributed by atoms with Gasteiger partial charge in [-0.1, -0.05) is 20.8 Å². The van der Waals surface area contributed by atoms with Crippen LogP contribution in [0, 0.1) is 40.4 Å². The van der Waals surface area contributed by atoms with Gasteiger partial charge in [-0.15, -0.1) is 0 Å². The molecule has 0 amide bonds. The number of carboxylic acids is 1. The maximum atomic E-state index is 13.8. The SMILES string of the molecule is C[C@H](C(=O)O)[C@@H]1CC[C@H]2[C@@H]3CC[C@@H]4C[C@H]5CC[C@]4(C)[C@@]3(O5)C(=O)C[C@]12C. The molecule has 1 N–H and O–H groups in total. The second-order valence-electron chi connectivity index (χ2n) is 10.6. The largest absolute Gasteiger partial charge is 0.481 e. The van der Waals surface area contributed by atoms with Crippen molar-refractivity contribution >= 4 is 11.8 Å². The van der Waals surface area contributed by atoms with Gasteiger partial charge in [-0.2, -0.15) is 0 Å². The lowest BCUT2D eigenvalue weighted by molar-refractivity contribution is -0.307. The van der Waals surface area contributed by atoms with Crippen molar-refractivity contribution in [3.05, 3.63) is 0 Å². The summed E-state index contributed by atoms with van der Waals surface area (Å²) < 4.78 is 6.69. The Balaban J connectivity index is 1.58. The van der Waals surface area contributed by atoms with Gasteiger partial charge < -0.3 is 9.84 Å². The Morgan fingerprint density at radius 1 is 1.15 bits per heavy atom. The highest BCUT2D eigenvalue weighted by atomic mass is 16.5. The minimum atomic E-state index is -0.715. The van der Waals surface area contributed by atoms with E-state index in [2.05, 4.69) is 13.8 Å². The number of aliphatic carboxylic acids is 1. The van der Waals surface area contributed by atoms with Gasteiger partial charge in [0.25, 0.3) is 0 Å². The first kappa shape index (κ1) is 17.2. The van der Waals surface area contributed by atoms with Crippen LogP contribution in [0.5, 0.6) is 0 Å². The van der Waals surface area contributed by atoms with Crippen molar-refractivity contribution in [2.24, 2.45) is 40.4 Å². The van der Waals surface area contributed by atoms with Crippen molar-refractivity contribution in [3.63, 3.8) is 0 Å². The molecule has 4 heteroatoms. The highest BCUT2D eigenvalue weighted by Gasteiger charge is 2.74. The minimum absolute atomic E-state index is 0.000416. The fraction of sp³-hybridized carbons (Fsp3) is 0.909. The molecule has 1 spiro atoms. The summed E-state index contributed by atoms with van der Waals surface area (Å²) in [5, 5.41) is 9.60. The van der Waals surface area contributed by atoms with Crippen LogP contribution < -0.4 is 0 Å². The summed E-state index contributed by atoms with van der Waals surface area (Å²) in [4.78, 5) is 25.5. The fourth-order valence-corrected chi connectivity index (χ4v) is 8.65. The van der Waals surface area contributed by atoms with Crippen molar-refractivity contribution in [2.45, 2.75) is 83.8 Å². The van der Waals surface area contributed by atoms with Gasteiger partial charge in [0, 0.05) is 11.8 Å². The highest BCUT2D eigenvalue weighted by molar-refractivity contribution is 5.91. The Labute approximate surface area is 156 Å². The van der Waals surface area contributed by atoms with Crippen LogP contribution in [0.1, 0.15) is 72.1 Å². The summed E-state index contributed by atoms with van der Waals surface area (Å²) in [6, 6.07) is 0. The number of hydrogen-bond acceptors (Lipinski definition) is 3. The average Bonchev–Trinajstić information content (AvgIpc) is 2.90. The molecule has 9 atom stereocenters. The summed E-state index contributed by atoms with van der Waals surface area (Å²) >= 11 is 0. The number of rotatable bonds is 2. The van der Waals surface area contributed by atoms with Crippen molar-refractivity contribution in [2.75, 3.05) is 0 Å². The first-order valence-corrected chi connectivity index (χ1v) is 10.7. The van der Waals surface area contributed by atoms with Crippen LogP contribution in [0.3, 0.4) is 0 Å². The van der Waals surface area contributed by atoms with Crippen molar-refractivity contribution in [1.82, 2.24) is 0 Å². The van der Waals surface area contributed by atoms with Crippen LogP contribution in [0.15, 0.2) is 0 Å². The van der Waals surface area contributed by atoms with Gasteiger partial charge in [-0.3, -0.25) is 9.59 Å². The zero-order chi connectivity index (χ0) is 18.5. The number of carbonyl (C=O) groups is 2. The third-order valence-corrected chi connectivity index (χ3v) is 9.90. The number of carbonyl (C=O) groups excluding carboxylic acids is 1.